The number of nitrogens with zero attached hydrogens (tertiary/aromatic N) is 1. The largest absolute Gasteiger partial charge is 0.324 e. The first-order valence-corrected chi connectivity index (χ1v) is 6.69. The molecular formula is C15H15ClN2O2. The van der Waals surface area contributed by atoms with E-state index >= 15 is 0 Å². The Hall–Kier alpha value is -1.91. The number of benzene rings is 2. The highest BCUT2D eigenvalue weighted by atomic mass is 35.5. The zero-order valence-corrected chi connectivity index (χ0v) is 11.6. The number of hydrogen-bond donors (Lipinski definition) is 1. The molecule has 104 valence electrons. The van der Waals surface area contributed by atoms with E-state index in [1.807, 2.05) is 30.3 Å². The van der Waals surface area contributed by atoms with E-state index in [9.17, 15) is 10.1 Å². The van der Waals surface area contributed by atoms with Crippen molar-refractivity contribution in [3.8, 4) is 0 Å². The third kappa shape index (κ3) is 3.35. The highest BCUT2D eigenvalue weighted by Crippen LogP contribution is 2.29. The maximum Gasteiger partial charge on any atom is 0.274 e. The summed E-state index contributed by atoms with van der Waals surface area (Å²) in [6.07, 6.45) is 1.08. The standard InChI is InChI=1S/C15H15ClN2O2/c16-13-7-4-8-15(18(19)20)12(13)9-10-14(17)11-5-2-1-3-6-11/h1-8,14H,9-10,17H2. The third-order valence-corrected chi connectivity index (χ3v) is 3.58. The summed E-state index contributed by atoms with van der Waals surface area (Å²) in [6, 6.07) is 14.2. The van der Waals surface area contributed by atoms with E-state index in [0.29, 0.717) is 23.4 Å². The van der Waals surface area contributed by atoms with Gasteiger partial charge in [-0.25, -0.2) is 0 Å². The first-order chi connectivity index (χ1) is 9.59. The Bertz CT molecular complexity index is 602. The lowest BCUT2D eigenvalue weighted by Crippen LogP contribution is -2.11. The molecule has 4 nitrogen and oxygen atoms in total. The van der Waals surface area contributed by atoms with Crippen LogP contribution in [-0.4, -0.2) is 4.92 Å². The molecular weight excluding hydrogens is 276 g/mol. The van der Waals surface area contributed by atoms with Gasteiger partial charge in [-0.2, -0.15) is 0 Å². The molecule has 0 saturated carbocycles. The SMILES string of the molecule is NC(CCc1c(Cl)cccc1[N+](=O)[O-])c1ccccc1. The summed E-state index contributed by atoms with van der Waals surface area (Å²) in [4.78, 5) is 10.6. The molecule has 0 aliphatic heterocycles. The third-order valence-electron chi connectivity index (χ3n) is 3.22. The fourth-order valence-corrected chi connectivity index (χ4v) is 2.40. The van der Waals surface area contributed by atoms with Crippen molar-refractivity contribution >= 4 is 17.3 Å². The van der Waals surface area contributed by atoms with Gasteiger partial charge in [0, 0.05) is 17.7 Å². The second-order valence-electron chi connectivity index (χ2n) is 4.55. The number of halogens is 1. The van der Waals surface area contributed by atoms with E-state index in [4.69, 9.17) is 17.3 Å². The zero-order valence-electron chi connectivity index (χ0n) is 10.8. The first-order valence-electron chi connectivity index (χ1n) is 6.32. The molecule has 0 heterocycles. The molecule has 0 aliphatic carbocycles. The Balaban J connectivity index is 2.13. The quantitative estimate of drug-likeness (QED) is 0.671. The second-order valence-corrected chi connectivity index (χ2v) is 4.96. The molecule has 2 N–H and O–H groups in total. The summed E-state index contributed by atoms with van der Waals surface area (Å²) in [6.45, 7) is 0. The van der Waals surface area contributed by atoms with Gasteiger partial charge in [-0.3, -0.25) is 10.1 Å². The molecule has 0 fully saturated rings. The highest BCUT2D eigenvalue weighted by Gasteiger charge is 2.17. The summed E-state index contributed by atoms with van der Waals surface area (Å²) in [5.74, 6) is 0. The van der Waals surface area contributed by atoms with Crippen molar-refractivity contribution in [2.45, 2.75) is 18.9 Å². The minimum Gasteiger partial charge on any atom is -0.324 e. The Morgan fingerprint density at radius 2 is 1.85 bits per heavy atom. The smallest absolute Gasteiger partial charge is 0.274 e. The molecule has 0 spiro atoms. The number of nitro groups is 1. The summed E-state index contributed by atoms with van der Waals surface area (Å²) >= 11 is 6.06. The van der Waals surface area contributed by atoms with Crippen LogP contribution in [0.1, 0.15) is 23.6 Å². The fraction of sp³-hybridized carbons (Fsp3) is 0.200. The van der Waals surface area contributed by atoms with Crippen molar-refractivity contribution in [2.24, 2.45) is 5.73 Å². The normalized spacial score (nSPS) is 12.1. The van der Waals surface area contributed by atoms with E-state index in [1.54, 1.807) is 12.1 Å². The van der Waals surface area contributed by atoms with Gasteiger partial charge in [-0.15, -0.1) is 0 Å². The maximum atomic E-state index is 11.0. The van der Waals surface area contributed by atoms with Gasteiger partial charge >= 0.3 is 0 Å². The van der Waals surface area contributed by atoms with Crippen LogP contribution in [0.25, 0.3) is 0 Å². The first kappa shape index (κ1) is 14.5. The Morgan fingerprint density at radius 3 is 2.50 bits per heavy atom. The van der Waals surface area contributed by atoms with Gasteiger partial charge in [-0.1, -0.05) is 48.0 Å². The predicted octanol–water partition coefficient (Wildman–Crippen LogP) is 3.88. The minimum absolute atomic E-state index is 0.0535. The van der Waals surface area contributed by atoms with E-state index in [0.717, 1.165) is 5.56 Å². The summed E-state index contributed by atoms with van der Waals surface area (Å²) in [7, 11) is 0. The Morgan fingerprint density at radius 1 is 1.15 bits per heavy atom. The van der Waals surface area contributed by atoms with Gasteiger partial charge in [0.2, 0.25) is 0 Å². The fourth-order valence-electron chi connectivity index (χ4n) is 2.13. The topological polar surface area (TPSA) is 69.2 Å². The molecule has 2 aromatic carbocycles. The molecule has 0 bridgehead atoms. The van der Waals surface area contributed by atoms with Crippen LogP contribution < -0.4 is 5.73 Å². The van der Waals surface area contributed by atoms with Crippen LogP contribution in [0.5, 0.6) is 0 Å². The zero-order chi connectivity index (χ0) is 14.5. The number of rotatable bonds is 5. The molecule has 0 radical (unpaired) electrons. The molecule has 0 amide bonds. The van der Waals surface area contributed by atoms with Gasteiger partial charge in [0.15, 0.2) is 0 Å². The van der Waals surface area contributed by atoms with E-state index < -0.39 is 4.92 Å². The van der Waals surface area contributed by atoms with Crippen LogP contribution in [-0.2, 0) is 6.42 Å². The molecule has 0 aliphatic rings. The van der Waals surface area contributed by atoms with Crippen molar-refractivity contribution < 1.29 is 4.92 Å². The summed E-state index contributed by atoms with van der Waals surface area (Å²) < 4.78 is 0. The van der Waals surface area contributed by atoms with Crippen molar-refractivity contribution in [1.82, 2.24) is 0 Å². The van der Waals surface area contributed by atoms with Crippen LogP contribution in [0.15, 0.2) is 48.5 Å². The lowest BCUT2D eigenvalue weighted by Gasteiger charge is -2.12. The van der Waals surface area contributed by atoms with Gasteiger partial charge in [0.25, 0.3) is 5.69 Å². The van der Waals surface area contributed by atoms with E-state index in [-0.39, 0.29) is 11.7 Å². The highest BCUT2D eigenvalue weighted by molar-refractivity contribution is 6.31. The predicted molar refractivity (Wildman–Crippen MR) is 79.8 cm³/mol. The Kier molecular flexibility index (Phi) is 4.71. The number of nitro benzene ring substituents is 1. The molecule has 0 aromatic heterocycles. The van der Waals surface area contributed by atoms with Crippen LogP contribution >= 0.6 is 11.6 Å². The van der Waals surface area contributed by atoms with Gasteiger partial charge in [-0.05, 0) is 24.5 Å². The van der Waals surface area contributed by atoms with Crippen molar-refractivity contribution in [1.29, 1.82) is 0 Å². The maximum absolute atomic E-state index is 11.0. The molecule has 2 aromatic rings. The van der Waals surface area contributed by atoms with Crippen molar-refractivity contribution in [2.75, 3.05) is 0 Å². The van der Waals surface area contributed by atoms with Gasteiger partial charge in [0.1, 0.15) is 0 Å². The average molecular weight is 291 g/mol. The summed E-state index contributed by atoms with van der Waals surface area (Å²) in [5, 5.41) is 11.4. The van der Waals surface area contributed by atoms with Crippen molar-refractivity contribution in [3.05, 3.63) is 74.8 Å². The second kappa shape index (κ2) is 6.50. The van der Waals surface area contributed by atoms with Gasteiger partial charge in [0.05, 0.1) is 9.95 Å². The molecule has 5 heteroatoms. The lowest BCUT2D eigenvalue weighted by atomic mass is 9.99. The number of hydrogen-bond acceptors (Lipinski definition) is 3. The lowest BCUT2D eigenvalue weighted by molar-refractivity contribution is -0.385. The van der Waals surface area contributed by atoms with Gasteiger partial charge < -0.3 is 5.73 Å². The summed E-state index contributed by atoms with van der Waals surface area (Å²) in [5.41, 5.74) is 7.72. The monoisotopic (exact) mass is 290 g/mol. The molecule has 0 saturated heterocycles. The van der Waals surface area contributed by atoms with Crippen molar-refractivity contribution in [3.63, 3.8) is 0 Å². The average Bonchev–Trinajstić information content (AvgIpc) is 2.46. The van der Waals surface area contributed by atoms with Crippen LogP contribution in [0.2, 0.25) is 5.02 Å². The van der Waals surface area contributed by atoms with Crippen LogP contribution in [0, 0.1) is 10.1 Å². The number of nitrogens with two attached hydrogens (primary N) is 1. The molecule has 1 atom stereocenters. The van der Waals surface area contributed by atoms with Crippen LogP contribution in [0.4, 0.5) is 5.69 Å². The van der Waals surface area contributed by atoms with Crippen LogP contribution in [0.3, 0.4) is 0 Å². The van der Waals surface area contributed by atoms with E-state index in [1.165, 1.54) is 6.07 Å². The van der Waals surface area contributed by atoms with E-state index in [2.05, 4.69) is 0 Å². The Labute approximate surface area is 122 Å². The molecule has 2 rings (SSSR count). The minimum atomic E-state index is -0.407. The molecule has 1 unspecified atom stereocenters. The molecule has 20 heavy (non-hydrogen) atoms.